The molecule has 2 amide bonds. The predicted molar refractivity (Wildman–Crippen MR) is 80.0 cm³/mol. The number of carbonyl (C=O) groups is 2. The van der Waals surface area contributed by atoms with Gasteiger partial charge in [0.15, 0.2) is 5.60 Å². The number of amides is 2. The number of carboxylic acid groups (broad SMARTS) is 1. The largest absolute Gasteiger partial charge is 0.479 e. The van der Waals surface area contributed by atoms with Crippen molar-refractivity contribution in [3.05, 3.63) is 30.2 Å². The Kier molecular flexibility index (Phi) is 5.16. The summed E-state index contributed by atoms with van der Waals surface area (Å²) in [5.74, 6) is -3.24. The third kappa shape index (κ3) is 4.69. The van der Waals surface area contributed by atoms with Crippen molar-refractivity contribution >= 4 is 17.7 Å². The van der Waals surface area contributed by atoms with E-state index in [1.807, 2.05) is 0 Å². The third-order valence-electron chi connectivity index (χ3n) is 3.12. The number of aromatic nitrogens is 2. The van der Waals surface area contributed by atoms with Crippen LogP contribution in [0.25, 0.3) is 11.4 Å². The topological polar surface area (TPSA) is 138 Å². The Bertz CT molecular complexity index is 802. The van der Waals surface area contributed by atoms with Crippen molar-refractivity contribution < 1.29 is 37.5 Å². The van der Waals surface area contributed by atoms with Gasteiger partial charge in [-0.05, 0) is 31.2 Å². The number of rotatable bonds is 5. The fraction of sp³-hybridized carbons (Fsp3) is 0.286. The van der Waals surface area contributed by atoms with Crippen LogP contribution in [0.15, 0.2) is 28.8 Å². The van der Waals surface area contributed by atoms with Crippen LogP contribution in [0.1, 0.15) is 12.8 Å². The van der Waals surface area contributed by atoms with Gasteiger partial charge in [0.2, 0.25) is 5.82 Å². The molecule has 0 aliphatic rings. The van der Waals surface area contributed by atoms with Gasteiger partial charge in [-0.3, -0.25) is 0 Å². The lowest BCUT2D eigenvalue weighted by Gasteiger charge is -2.18. The molecule has 26 heavy (non-hydrogen) atoms. The molecule has 0 bridgehead atoms. The van der Waals surface area contributed by atoms with E-state index in [-0.39, 0.29) is 17.1 Å². The Labute approximate surface area is 143 Å². The van der Waals surface area contributed by atoms with E-state index in [4.69, 9.17) is 5.11 Å². The number of aliphatic hydroxyl groups is 1. The van der Waals surface area contributed by atoms with Crippen LogP contribution in [-0.2, 0) is 11.0 Å². The van der Waals surface area contributed by atoms with Gasteiger partial charge in [0.25, 0.3) is 0 Å². The molecule has 0 aliphatic carbocycles. The van der Waals surface area contributed by atoms with E-state index in [2.05, 4.69) is 25.3 Å². The first kappa shape index (κ1) is 19.2. The lowest BCUT2D eigenvalue weighted by molar-refractivity contribution is -0.159. The Morgan fingerprint density at radius 2 is 1.85 bits per heavy atom. The second kappa shape index (κ2) is 7.00. The van der Waals surface area contributed by atoms with E-state index in [1.54, 1.807) is 0 Å². The molecule has 0 fully saturated rings. The van der Waals surface area contributed by atoms with Crippen molar-refractivity contribution in [1.82, 2.24) is 15.5 Å². The van der Waals surface area contributed by atoms with E-state index in [0.717, 1.165) is 6.92 Å². The average Bonchev–Trinajstić information content (AvgIpc) is 3.04. The van der Waals surface area contributed by atoms with Gasteiger partial charge in [-0.15, -0.1) is 0 Å². The van der Waals surface area contributed by atoms with E-state index < -0.39 is 36.2 Å². The summed E-state index contributed by atoms with van der Waals surface area (Å²) in [6.07, 6.45) is -4.75. The summed E-state index contributed by atoms with van der Waals surface area (Å²) < 4.78 is 41.4. The standard InChI is InChI=1S/C14H13F3N4O5/c1-13(25,11(22)23)6-18-12(24)19-8-4-2-7(3-5-8)9-20-10(26-21-9)14(15,16)17/h2-5,25H,6H2,1H3,(H,22,23)(H2,18,19,24). The molecular formula is C14H13F3N4O5. The molecule has 0 radical (unpaired) electrons. The molecule has 1 aromatic carbocycles. The zero-order valence-electron chi connectivity index (χ0n) is 13.2. The molecule has 0 aliphatic heterocycles. The van der Waals surface area contributed by atoms with Gasteiger partial charge in [0.05, 0.1) is 6.54 Å². The van der Waals surface area contributed by atoms with E-state index in [9.17, 15) is 27.9 Å². The second-order valence-electron chi connectivity index (χ2n) is 5.38. The van der Waals surface area contributed by atoms with Crippen LogP contribution in [0.2, 0.25) is 0 Å². The number of urea groups is 1. The Morgan fingerprint density at radius 3 is 2.35 bits per heavy atom. The van der Waals surface area contributed by atoms with Crippen molar-refractivity contribution in [2.75, 3.05) is 11.9 Å². The maximum absolute atomic E-state index is 12.4. The number of benzene rings is 1. The van der Waals surface area contributed by atoms with Gasteiger partial charge in [0.1, 0.15) is 0 Å². The van der Waals surface area contributed by atoms with Gasteiger partial charge in [-0.1, -0.05) is 5.16 Å². The number of aliphatic carboxylic acids is 1. The number of carbonyl (C=O) groups excluding carboxylic acids is 1. The zero-order valence-corrected chi connectivity index (χ0v) is 13.2. The lowest BCUT2D eigenvalue weighted by atomic mass is 10.1. The Balaban J connectivity index is 1.98. The number of anilines is 1. The molecule has 0 saturated carbocycles. The molecule has 1 atom stereocenters. The molecule has 140 valence electrons. The third-order valence-corrected chi connectivity index (χ3v) is 3.12. The highest BCUT2D eigenvalue weighted by molar-refractivity contribution is 5.90. The quantitative estimate of drug-likeness (QED) is 0.625. The maximum Gasteiger partial charge on any atom is 0.471 e. The second-order valence-corrected chi connectivity index (χ2v) is 5.38. The highest BCUT2D eigenvalue weighted by Gasteiger charge is 2.38. The van der Waals surface area contributed by atoms with Gasteiger partial charge >= 0.3 is 24.1 Å². The summed E-state index contributed by atoms with van der Waals surface area (Å²) in [6, 6.07) is 4.67. The van der Waals surface area contributed by atoms with Crippen LogP contribution in [0.3, 0.4) is 0 Å². The summed E-state index contributed by atoms with van der Waals surface area (Å²) in [5, 5.41) is 26.0. The number of halogens is 3. The van der Waals surface area contributed by atoms with Crippen molar-refractivity contribution in [2.45, 2.75) is 18.7 Å². The van der Waals surface area contributed by atoms with Crippen molar-refractivity contribution in [3.8, 4) is 11.4 Å². The van der Waals surface area contributed by atoms with Crippen molar-refractivity contribution in [2.24, 2.45) is 0 Å². The van der Waals surface area contributed by atoms with E-state index >= 15 is 0 Å². The molecule has 2 rings (SSSR count). The molecule has 12 heteroatoms. The highest BCUT2D eigenvalue weighted by atomic mass is 19.4. The fourth-order valence-corrected chi connectivity index (χ4v) is 1.66. The molecular weight excluding hydrogens is 361 g/mol. The SMILES string of the molecule is CC(O)(CNC(=O)Nc1ccc(-c2noc(C(F)(F)F)n2)cc1)C(=O)O. The first-order valence-electron chi connectivity index (χ1n) is 7.01. The Hall–Kier alpha value is -3.15. The molecule has 0 saturated heterocycles. The lowest BCUT2D eigenvalue weighted by Crippen LogP contribution is -2.47. The van der Waals surface area contributed by atoms with Crippen LogP contribution >= 0.6 is 0 Å². The monoisotopic (exact) mass is 374 g/mol. The van der Waals surface area contributed by atoms with E-state index in [0.29, 0.717) is 0 Å². The summed E-state index contributed by atoms with van der Waals surface area (Å²) in [5.41, 5.74) is -1.64. The minimum Gasteiger partial charge on any atom is -0.479 e. The smallest absolute Gasteiger partial charge is 0.471 e. The van der Waals surface area contributed by atoms with Crippen LogP contribution in [-0.4, -0.2) is 44.5 Å². The number of alkyl halides is 3. The molecule has 1 aromatic heterocycles. The van der Waals surface area contributed by atoms with Gasteiger partial charge in [0, 0.05) is 11.3 Å². The number of nitrogens with one attached hydrogen (secondary N) is 2. The predicted octanol–water partition coefficient (Wildman–Crippen LogP) is 1.71. The Morgan fingerprint density at radius 1 is 1.23 bits per heavy atom. The van der Waals surface area contributed by atoms with Gasteiger partial charge in [-0.2, -0.15) is 18.2 Å². The average molecular weight is 374 g/mol. The molecule has 9 nitrogen and oxygen atoms in total. The molecule has 1 heterocycles. The fourth-order valence-electron chi connectivity index (χ4n) is 1.66. The molecule has 2 aromatic rings. The minimum absolute atomic E-state index is 0.226. The highest BCUT2D eigenvalue weighted by Crippen LogP contribution is 2.29. The van der Waals surface area contributed by atoms with Crippen LogP contribution in [0.4, 0.5) is 23.7 Å². The van der Waals surface area contributed by atoms with E-state index in [1.165, 1.54) is 24.3 Å². The normalized spacial score (nSPS) is 13.7. The molecule has 0 spiro atoms. The van der Waals surface area contributed by atoms with Crippen LogP contribution in [0, 0.1) is 0 Å². The summed E-state index contributed by atoms with van der Waals surface area (Å²) in [4.78, 5) is 25.6. The van der Waals surface area contributed by atoms with Gasteiger partial charge < -0.3 is 25.4 Å². The minimum atomic E-state index is -4.75. The summed E-state index contributed by atoms with van der Waals surface area (Å²) in [6.45, 7) is 0.486. The zero-order chi connectivity index (χ0) is 19.5. The maximum atomic E-state index is 12.4. The summed E-state index contributed by atoms with van der Waals surface area (Å²) >= 11 is 0. The molecule has 4 N–H and O–H groups in total. The summed E-state index contributed by atoms with van der Waals surface area (Å²) in [7, 11) is 0. The number of hydrogen-bond donors (Lipinski definition) is 4. The number of carboxylic acids is 1. The van der Waals surface area contributed by atoms with Crippen molar-refractivity contribution in [3.63, 3.8) is 0 Å². The number of hydrogen-bond acceptors (Lipinski definition) is 6. The van der Waals surface area contributed by atoms with Gasteiger partial charge in [-0.25, -0.2) is 9.59 Å². The molecule has 1 unspecified atom stereocenters. The van der Waals surface area contributed by atoms with Crippen LogP contribution in [0.5, 0.6) is 0 Å². The van der Waals surface area contributed by atoms with Crippen molar-refractivity contribution in [1.29, 1.82) is 0 Å². The van der Waals surface area contributed by atoms with Crippen LogP contribution < -0.4 is 10.6 Å². The number of nitrogens with zero attached hydrogens (tertiary/aromatic N) is 2. The first-order chi connectivity index (χ1) is 12.0. The first-order valence-corrected chi connectivity index (χ1v) is 7.01.